The highest BCUT2D eigenvalue weighted by molar-refractivity contribution is 8.00. The van der Waals surface area contributed by atoms with Gasteiger partial charge in [0.15, 0.2) is 10.3 Å². The first-order valence-electron chi connectivity index (χ1n) is 7.37. The summed E-state index contributed by atoms with van der Waals surface area (Å²) in [6.07, 6.45) is 0. The van der Waals surface area contributed by atoms with Crippen LogP contribution >= 0.6 is 23.1 Å². The number of aromatic nitrogens is 4. The summed E-state index contributed by atoms with van der Waals surface area (Å²) in [7, 11) is 0. The number of carbonyl (C=O) groups is 2. The summed E-state index contributed by atoms with van der Waals surface area (Å²) < 4.78 is 4.94. The minimum atomic E-state index is -0.553. The van der Waals surface area contributed by atoms with Gasteiger partial charge in [0.05, 0.1) is 17.6 Å². The number of thioether (sulfide) groups is 1. The molecule has 2 heterocycles. The van der Waals surface area contributed by atoms with E-state index in [9.17, 15) is 14.4 Å². The van der Waals surface area contributed by atoms with Crippen molar-refractivity contribution in [2.75, 3.05) is 11.9 Å². The fourth-order valence-corrected chi connectivity index (χ4v) is 3.30. The van der Waals surface area contributed by atoms with Gasteiger partial charge in [0.25, 0.3) is 5.56 Å². The quantitative estimate of drug-likeness (QED) is 0.568. The summed E-state index contributed by atoms with van der Waals surface area (Å²) in [6.45, 7) is 6.85. The molecule has 1 atom stereocenters. The largest absolute Gasteiger partial charge is 0.462 e. The van der Waals surface area contributed by atoms with Crippen molar-refractivity contribution in [3.05, 3.63) is 26.6 Å². The van der Waals surface area contributed by atoms with Gasteiger partial charge >= 0.3 is 5.97 Å². The lowest BCUT2D eigenvalue weighted by atomic mass is 10.4. The van der Waals surface area contributed by atoms with Crippen molar-refractivity contribution in [2.45, 2.75) is 38.1 Å². The molecular weight excluding hydrogens is 366 g/mol. The molecular formula is C14H17N5O4S2. The van der Waals surface area contributed by atoms with Crippen LogP contribution in [0.25, 0.3) is 0 Å². The van der Waals surface area contributed by atoms with Crippen molar-refractivity contribution < 1.29 is 14.3 Å². The highest BCUT2D eigenvalue weighted by atomic mass is 32.2. The third kappa shape index (κ3) is 4.86. The Morgan fingerprint density at radius 1 is 1.32 bits per heavy atom. The van der Waals surface area contributed by atoms with Crippen molar-refractivity contribution in [1.82, 2.24) is 20.2 Å². The Hall–Kier alpha value is -2.27. The van der Waals surface area contributed by atoms with Crippen LogP contribution in [0.2, 0.25) is 0 Å². The maximum Gasteiger partial charge on any atom is 0.350 e. The molecule has 0 aliphatic carbocycles. The number of carbonyl (C=O) groups excluding carboxylic acids is 2. The van der Waals surface area contributed by atoms with Crippen LogP contribution in [0.4, 0.5) is 5.13 Å². The molecule has 0 bridgehead atoms. The summed E-state index contributed by atoms with van der Waals surface area (Å²) >= 11 is 2.11. The third-order valence-electron chi connectivity index (χ3n) is 2.99. The second kappa shape index (κ2) is 8.21. The zero-order chi connectivity index (χ0) is 18.6. The molecule has 9 nitrogen and oxygen atoms in total. The van der Waals surface area contributed by atoms with E-state index in [1.165, 1.54) is 0 Å². The average Bonchev–Trinajstić information content (AvgIpc) is 2.91. The predicted molar refractivity (Wildman–Crippen MR) is 94.1 cm³/mol. The monoisotopic (exact) mass is 383 g/mol. The number of nitrogens with one attached hydrogen (secondary N) is 2. The predicted octanol–water partition coefficient (Wildman–Crippen LogP) is 1.53. The van der Waals surface area contributed by atoms with Crippen LogP contribution in [-0.4, -0.2) is 43.9 Å². The van der Waals surface area contributed by atoms with E-state index in [0.29, 0.717) is 15.7 Å². The SMILES string of the molecule is CCOC(=O)c1sc(NC(=O)[C@@H](C)Sc2nnc(C)c(=O)[nH]2)nc1C. The normalized spacial score (nSPS) is 11.8. The number of thiazole rings is 1. The number of amides is 1. The summed E-state index contributed by atoms with van der Waals surface area (Å²) in [6, 6.07) is 0. The Balaban J connectivity index is 2.03. The van der Waals surface area contributed by atoms with Gasteiger partial charge in [0, 0.05) is 0 Å². The van der Waals surface area contributed by atoms with Gasteiger partial charge in [-0.15, -0.1) is 10.2 Å². The zero-order valence-electron chi connectivity index (χ0n) is 14.1. The van der Waals surface area contributed by atoms with Crippen LogP contribution < -0.4 is 10.9 Å². The maximum atomic E-state index is 12.3. The average molecular weight is 383 g/mol. The molecule has 0 radical (unpaired) electrons. The van der Waals surface area contributed by atoms with Gasteiger partial charge in [-0.2, -0.15) is 0 Å². The van der Waals surface area contributed by atoms with E-state index >= 15 is 0 Å². The summed E-state index contributed by atoms with van der Waals surface area (Å²) in [5.74, 6) is -0.801. The Bertz CT molecular complexity index is 848. The zero-order valence-corrected chi connectivity index (χ0v) is 15.7. The number of hydrogen-bond donors (Lipinski definition) is 2. The summed E-state index contributed by atoms with van der Waals surface area (Å²) in [4.78, 5) is 42.6. The van der Waals surface area contributed by atoms with Gasteiger partial charge in [0.1, 0.15) is 10.6 Å². The highest BCUT2D eigenvalue weighted by Crippen LogP contribution is 2.25. The molecule has 2 rings (SSSR count). The van der Waals surface area contributed by atoms with Gasteiger partial charge < -0.3 is 10.1 Å². The molecule has 0 saturated carbocycles. The Morgan fingerprint density at radius 2 is 2.04 bits per heavy atom. The molecule has 0 fully saturated rings. The molecule has 25 heavy (non-hydrogen) atoms. The van der Waals surface area contributed by atoms with Crippen molar-refractivity contribution >= 4 is 40.1 Å². The fourth-order valence-electron chi connectivity index (χ4n) is 1.70. The summed E-state index contributed by atoms with van der Waals surface area (Å²) in [5.41, 5.74) is 0.402. The molecule has 134 valence electrons. The number of esters is 1. The Labute approximate surface area is 151 Å². The van der Waals surface area contributed by atoms with E-state index in [-0.39, 0.29) is 28.9 Å². The van der Waals surface area contributed by atoms with Gasteiger partial charge in [-0.05, 0) is 27.7 Å². The number of anilines is 1. The topological polar surface area (TPSA) is 127 Å². The lowest BCUT2D eigenvalue weighted by molar-refractivity contribution is -0.115. The van der Waals surface area contributed by atoms with E-state index in [1.807, 2.05) is 0 Å². The molecule has 2 aromatic heterocycles. The molecule has 0 spiro atoms. The number of ether oxygens (including phenoxy) is 1. The molecule has 0 aliphatic heterocycles. The van der Waals surface area contributed by atoms with Crippen molar-refractivity contribution in [1.29, 1.82) is 0 Å². The van der Waals surface area contributed by atoms with E-state index in [1.54, 1.807) is 27.7 Å². The van der Waals surface area contributed by atoms with Crippen molar-refractivity contribution in [2.24, 2.45) is 0 Å². The maximum absolute atomic E-state index is 12.3. The van der Waals surface area contributed by atoms with Crippen LogP contribution in [0.5, 0.6) is 0 Å². The van der Waals surface area contributed by atoms with E-state index in [4.69, 9.17) is 4.74 Å². The first-order chi connectivity index (χ1) is 11.8. The summed E-state index contributed by atoms with van der Waals surface area (Å²) in [5, 5.41) is 10.2. The number of nitrogens with zero attached hydrogens (tertiary/aromatic N) is 3. The highest BCUT2D eigenvalue weighted by Gasteiger charge is 2.21. The molecule has 0 aromatic carbocycles. The Kier molecular flexibility index (Phi) is 6.26. The van der Waals surface area contributed by atoms with Gasteiger partial charge in [0.2, 0.25) is 5.91 Å². The minimum absolute atomic E-state index is 0.251. The van der Waals surface area contributed by atoms with Crippen LogP contribution in [0, 0.1) is 13.8 Å². The molecule has 0 saturated heterocycles. The van der Waals surface area contributed by atoms with Crippen LogP contribution in [0.1, 0.15) is 34.9 Å². The lowest BCUT2D eigenvalue weighted by Crippen LogP contribution is -2.23. The smallest absolute Gasteiger partial charge is 0.350 e. The standard InChI is InChI=1S/C14H17N5O4S2/c1-5-23-12(22)9-6(2)15-13(25-9)17-11(21)8(4)24-14-16-10(20)7(3)18-19-14/h8H,5H2,1-4H3,(H,15,17,21)(H,16,19,20)/t8-/m1/s1. The Morgan fingerprint density at radius 3 is 2.68 bits per heavy atom. The van der Waals surface area contributed by atoms with Gasteiger partial charge in [-0.25, -0.2) is 9.78 Å². The van der Waals surface area contributed by atoms with E-state index < -0.39 is 11.2 Å². The first kappa shape index (κ1) is 19.1. The molecule has 2 aromatic rings. The number of aromatic amines is 1. The van der Waals surface area contributed by atoms with Crippen molar-refractivity contribution in [3.63, 3.8) is 0 Å². The number of H-pyrrole nitrogens is 1. The van der Waals surface area contributed by atoms with Crippen LogP contribution in [-0.2, 0) is 9.53 Å². The fraction of sp³-hybridized carbons (Fsp3) is 0.429. The first-order valence-corrected chi connectivity index (χ1v) is 9.07. The molecule has 1 amide bonds. The third-order valence-corrected chi connectivity index (χ3v) is 5.01. The van der Waals surface area contributed by atoms with Crippen molar-refractivity contribution in [3.8, 4) is 0 Å². The second-order valence-corrected chi connectivity index (χ2v) is 7.28. The minimum Gasteiger partial charge on any atom is -0.462 e. The van der Waals surface area contributed by atoms with Gasteiger partial charge in [-0.1, -0.05) is 23.1 Å². The number of hydrogen-bond acceptors (Lipinski definition) is 9. The molecule has 0 unspecified atom stereocenters. The molecule has 11 heteroatoms. The van der Waals surface area contributed by atoms with Crippen LogP contribution in [0.3, 0.4) is 0 Å². The van der Waals surface area contributed by atoms with Crippen LogP contribution in [0.15, 0.2) is 9.95 Å². The second-order valence-electron chi connectivity index (χ2n) is 4.95. The molecule has 2 N–H and O–H groups in total. The number of aryl methyl sites for hydroxylation is 2. The van der Waals surface area contributed by atoms with E-state index in [0.717, 1.165) is 23.1 Å². The van der Waals surface area contributed by atoms with Gasteiger partial charge in [-0.3, -0.25) is 14.6 Å². The van der Waals surface area contributed by atoms with E-state index in [2.05, 4.69) is 25.5 Å². The lowest BCUT2D eigenvalue weighted by Gasteiger charge is -2.09. The molecule has 0 aliphatic rings. The number of rotatable bonds is 6.